The van der Waals surface area contributed by atoms with Crippen molar-refractivity contribution >= 4 is 27.7 Å². The molecule has 0 bridgehead atoms. The monoisotopic (exact) mass is 311 g/mol. The summed E-state index contributed by atoms with van der Waals surface area (Å²) < 4.78 is 0.758. The molecule has 18 heavy (non-hydrogen) atoms. The van der Waals surface area contributed by atoms with Crippen molar-refractivity contribution in [3.8, 4) is 0 Å². The van der Waals surface area contributed by atoms with E-state index in [9.17, 15) is 4.79 Å². The molecule has 1 aromatic rings. The molecular weight excluding hydrogens is 294 g/mol. The molecule has 1 aromatic heterocycles. The highest BCUT2D eigenvalue weighted by atomic mass is 79.9. The maximum Gasteiger partial charge on any atom is 0.255 e. The average Bonchev–Trinajstić information content (AvgIpc) is 2.77. The van der Waals surface area contributed by atoms with E-state index in [-0.39, 0.29) is 17.1 Å². The lowest BCUT2D eigenvalue weighted by Crippen LogP contribution is -2.34. The molecule has 1 aliphatic carbocycles. The quantitative estimate of drug-likeness (QED) is 0.902. The van der Waals surface area contributed by atoms with Crippen molar-refractivity contribution in [2.24, 2.45) is 5.41 Å². The summed E-state index contributed by atoms with van der Waals surface area (Å²) in [4.78, 5) is 16.0. The second-order valence-corrected chi connectivity index (χ2v) is 6.20. The van der Waals surface area contributed by atoms with Gasteiger partial charge in [0.2, 0.25) is 0 Å². The molecule has 1 aliphatic rings. The van der Waals surface area contributed by atoms with E-state index in [1.807, 2.05) is 0 Å². The predicted octanol–water partition coefficient (Wildman–Crippen LogP) is 2.74. The van der Waals surface area contributed by atoms with Gasteiger partial charge in [-0.15, -0.1) is 0 Å². The fraction of sp³-hybridized carbons (Fsp3) is 0.538. The van der Waals surface area contributed by atoms with Gasteiger partial charge in [0.1, 0.15) is 5.82 Å². The number of hydrogen-bond acceptors (Lipinski definition) is 3. The Kier molecular flexibility index (Phi) is 3.90. The highest BCUT2D eigenvalue weighted by Crippen LogP contribution is 2.36. The summed E-state index contributed by atoms with van der Waals surface area (Å²) in [6, 6.07) is 1.70. The Labute approximate surface area is 115 Å². The molecule has 0 aromatic carbocycles. The summed E-state index contributed by atoms with van der Waals surface area (Å²) in [6.45, 7) is 2.93. The lowest BCUT2D eigenvalue weighted by Gasteiger charge is -2.23. The number of carbonyl (C=O) groups excluding carboxylic acids is 1. The zero-order valence-corrected chi connectivity index (χ0v) is 12.1. The van der Waals surface area contributed by atoms with Crippen LogP contribution in [0.5, 0.6) is 0 Å². The number of nitrogens with two attached hydrogens (primary N) is 1. The molecule has 0 radical (unpaired) electrons. The minimum atomic E-state index is -0.144. The fourth-order valence-corrected chi connectivity index (χ4v) is 2.76. The zero-order valence-electron chi connectivity index (χ0n) is 10.5. The van der Waals surface area contributed by atoms with Crippen LogP contribution >= 0.6 is 15.9 Å². The van der Waals surface area contributed by atoms with Gasteiger partial charge in [0.15, 0.2) is 0 Å². The average molecular weight is 312 g/mol. The van der Waals surface area contributed by atoms with Crippen molar-refractivity contribution in [2.45, 2.75) is 32.6 Å². The number of aromatic nitrogens is 1. The molecule has 0 atom stereocenters. The van der Waals surface area contributed by atoms with Crippen LogP contribution in [0.15, 0.2) is 16.7 Å². The Morgan fingerprint density at radius 2 is 2.22 bits per heavy atom. The fourth-order valence-electron chi connectivity index (χ4n) is 2.43. The molecule has 1 fully saturated rings. The first kappa shape index (κ1) is 13.3. The van der Waals surface area contributed by atoms with E-state index >= 15 is 0 Å². The summed E-state index contributed by atoms with van der Waals surface area (Å²) in [5, 5.41) is 2.97. The van der Waals surface area contributed by atoms with Gasteiger partial charge in [-0.2, -0.15) is 0 Å². The van der Waals surface area contributed by atoms with Crippen LogP contribution in [0.25, 0.3) is 0 Å². The van der Waals surface area contributed by atoms with Crippen molar-refractivity contribution < 1.29 is 4.79 Å². The van der Waals surface area contributed by atoms with Crippen LogP contribution in [0.4, 0.5) is 5.82 Å². The third kappa shape index (κ3) is 3.02. The number of pyridine rings is 1. The van der Waals surface area contributed by atoms with Crippen LogP contribution in [0.2, 0.25) is 0 Å². The number of nitrogens with zero attached hydrogens (tertiary/aromatic N) is 1. The molecule has 2 rings (SSSR count). The minimum absolute atomic E-state index is 0.144. The second kappa shape index (κ2) is 5.26. The van der Waals surface area contributed by atoms with Gasteiger partial charge in [-0.05, 0) is 40.3 Å². The Balaban J connectivity index is 2.01. The summed E-state index contributed by atoms with van der Waals surface area (Å²) in [6.07, 6.45) is 6.46. The van der Waals surface area contributed by atoms with E-state index in [0.29, 0.717) is 12.1 Å². The lowest BCUT2D eigenvalue weighted by molar-refractivity contribution is 0.0935. The van der Waals surface area contributed by atoms with Gasteiger partial charge in [-0.1, -0.05) is 19.8 Å². The number of nitrogen functional groups attached to an aromatic ring is 1. The minimum Gasteiger partial charge on any atom is -0.383 e. The zero-order chi connectivity index (χ0) is 13.2. The molecule has 1 heterocycles. The smallest absolute Gasteiger partial charge is 0.255 e. The summed E-state index contributed by atoms with van der Waals surface area (Å²) in [5.74, 6) is 0.127. The third-order valence-electron chi connectivity index (χ3n) is 3.62. The van der Waals surface area contributed by atoms with Gasteiger partial charge in [0, 0.05) is 17.2 Å². The van der Waals surface area contributed by atoms with Crippen LogP contribution in [-0.4, -0.2) is 17.4 Å². The SMILES string of the molecule is CC1(CNC(=O)c2cc(Br)cnc2N)CCCC1. The standard InChI is InChI=1S/C13H18BrN3O/c1-13(4-2-3-5-13)8-17-12(18)10-6-9(14)7-16-11(10)15/h6-7H,2-5,8H2,1H3,(H2,15,16)(H,17,18). The summed E-state index contributed by atoms with van der Waals surface area (Å²) in [7, 11) is 0. The van der Waals surface area contributed by atoms with E-state index < -0.39 is 0 Å². The van der Waals surface area contributed by atoms with Crippen molar-refractivity contribution in [3.05, 3.63) is 22.3 Å². The maximum absolute atomic E-state index is 12.1. The highest BCUT2D eigenvalue weighted by molar-refractivity contribution is 9.10. The van der Waals surface area contributed by atoms with Gasteiger partial charge in [0.25, 0.3) is 5.91 Å². The number of anilines is 1. The lowest BCUT2D eigenvalue weighted by atomic mass is 9.89. The van der Waals surface area contributed by atoms with Crippen LogP contribution in [0, 0.1) is 5.41 Å². The second-order valence-electron chi connectivity index (χ2n) is 5.29. The molecule has 5 heteroatoms. The molecule has 4 nitrogen and oxygen atoms in total. The first-order chi connectivity index (χ1) is 8.50. The Morgan fingerprint density at radius 1 is 1.56 bits per heavy atom. The van der Waals surface area contributed by atoms with Gasteiger partial charge in [-0.3, -0.25) is 4.79 Å². The van der Waals surface area contributed by atoms with E-state index in [0.717, 1.165) is 4.47 Å². The van der Waals surface area contributed by atoms with Crippen molar-refractivity contribution in [3.63, 3.8) is 0 Å². The molecule has 1 saturated carbocycles. The predicted molar refractivity (Wildman–Crippen MR) is 75.3 cm³/mol. The van der Waals surface area contributed by atoms with Gasteiger partial charge in [0.05, 0.1) is 5.56 Å². The Bertz CT molecular complexity index is 456. The number of hydrogen-bond donors (Lipinski definition) is 2. The number of nitrogens with one attached hydrogen (secondary N) is 1. The molecule has 0 saturated heterocycles. The van der Waals surface area contributed by atoms with Crippen LogP contribution < -0.4 is 11.1 Å². The Hall–Kier alpha value is -1.10. The van der Waals surface area contributed by atoms with E-state index in [1.165, 1.54) is 25.7 Å². The van der Waals surface area contributed by atoms with Gasteiger partial charge >= 0.3 is 0 Å². The molecular formula is C13H18BrN3O. The van der Waals surface area contributed by atoms with E-state index in [2.05, 4.69) is 33.2 Å². The topological polar surface area (TPSA) is 68.0 Å². The number of amides is 1. The molecule has 0 spiro atoms. The molecule has 3 N–H and O–H groups in total. The van der Waals surface area contributed by atoms with E-state index in [1.54, 1.807) is 12.3 Å². The van der Waals surface area contributed by atoms with Crippen LogP contribution in [0.1, 0.15) is 43.0 Å². The first-order valence-corrected chi connectivity index (χ1v) is 6.99. The summed E-state index contributed by atoms with van der Waals surface area (Å²) in [5.41, 5.74) is 6.39. The van der Waals surface area contributed by atoms with Gasteiger partial charge in [-0.25, -0.2) is 4.98 Å². The third-order valence-corrected chi connectivity index (χ3v) is 4.05. The number of rotatable bonds is 3. The first-order valence-electron chi connectivity index (χ1n) is 6.19. The van der Waals surface area contributed by atoms with Crippen LogP contribution in [-0.2, 0) is 0 Å². The number of carbonyl (C=O) groups is 1. The van der Waals surface area contributed by atoms with Crippen molar-refractivity contribution in [1.82, 2.24) is 10.3 Å². The van der Waals surface area contributed by atoms with E-state index in [4.69, 9.17) is 5.73 Å². The molecule has 1 amide bonds. The highest BCUT2D eigenvalue weighted by Gasteiger charge is 2.29. The van der Waals surface area contributed by atoms with Crippen molar-refractivity contribution in [1.29, 1.82) is 0 Å². The normalized spacial score (nSPS) is 17.7. The summed E-state index contributed by atoms with van der Waals surface area (Å²) >= 11 is 3.29. The van der Waals surface area contributed by atoms with Crippen molar-refractivity contribution in [2.75, 3.05) is 12.3 Å². The maximum atomic E-state index is 12.1. The molecule has 0 aliphatic heterocycles. The Morgan fingerprint density at radius 3 is 2.89 bits per heavy atom. The largest absolute Gasteiger partial charge is 0.383 e. The van der Waals surface area contributed by atoms with Crippen LogP contribution in [0.3, 0.4) is 0 Å². The van der Waals surface area contributed by atoms with Gasteiger partial charge < -0.3 is 11.1 Å². The molecule has 0 unspecified atom stereocenters. The number of halogens is 1. The molecule has 98 valence electrons.